The van der Waals surface area contributed by atoms with Crippen LogP contribution in [0.2, 0.25) is 0 Å². The normalized spacial score (nSPS) is 11.8. The summed E-state index contributed by atoms with van der Waals surface area (Å²) in [5, 5.41) is 1.86. The summed E-state index contributed by atoms with van der Waals surface area (Å²) >= 11 is 0. The minimum atomic E-state index is 0.618. The molecule has 1 aromatic carbocycles. The quantitative estimate of drug-likeness (QED) is 0.432. The van der Waals surface area contributed by atoms with Crippen LogP contribution >= 0.6 is 0 Å². The maximum absolute atomic E-state index is 6.30. The Morgan fingerprint density at radius 1 is 0.880 bits per heavy atom. The summed E-state index contributed by atoms with van der Waals surface area (Å²) in [6.07, 6.45) is 3.59. The number of pyridine rings is 1. The standard InChI is InChI=1S/C20H16N3O2/c1-11-4-6-13-17(16(11)15-8-9-21-10-23(15)3)24-19-14-7-5-12(2)22-20(14)25-18(13)19/h4-10H,1-3H3/q+1. The highest BCUT2D eigenvalue weighted by molar-refractivity contribution is 6.14. The van der Waals surface area contributed by atoms with Gasteiger partial charge in [0.05, 0.1) is 23.4 Å². The second-order valence-electron chi connectivity index (χ2n) is 6.38. The Kier molecular flexibility index (Phi) is 2.77. The van der Waals surface area contributed by atoms with Gasteiger partial charge in [0, 0.05) is 11.8 Å². The number of aromatic nitrogens is 3. The summed E-state index contributed by atoms with van der Waals surface area (Å²) < 4.78 is 14.3. The van der Waals surface area contributed by atoms with Crippen LogP contribution in [-0.2, 0) is 7.05 Å². The largest absolute Gasteiger partial charge is 0.451 e. The molecule has 4 aromatic heterocycles. The molecule has 0 fully saturated rings. The van der Waals surface area contributed by atoms with Gasteiger partial charge >= 0.3 is 0 Å². The maximum Gasteiger partial charge on any atom is 0.286 e. The van der Waals surface area contributed by atoms with Gasteiger partial charge in [0.25, 0.3) is 6.33 Å². The van der Waals surface area contributed by atoms with Gasteiger partial charge < -0.3 is 8.83 Å². The molecule has 5 nitrogen and oxygen atoms in total. The SMILES string of the molecule is Cc1ccc2c(n1)oc1c3ccc(C)c(-c4ccnc[n+]4C)c3oc21. The molecule has 5 heteroatoms. The molecular weight excluding hydrogens is 314 g/mol. The molecule has 4 heterocycles. The Balaban J connectivity index is 1.93. The van der Waals surface area contributed by atoms with E-state index in [1.54, 1.807) is 12.5 Å². The van der Waals surface area contributed by atoms with Crippen LogP contribution in [0.15, 0.2) is 51.7 Å². The number of hydrogen-bond donors (Lipinski definition) is 0. The van der Waals surface area contributed by atoms with Crippen molar-refractivity contribution in [2.24, 2.45) is 7.05 Å². The molecule has 0 N–H and O–H groups in total. The molecule has 0 aliphatic carbocycles. The maximum atomic E-state index is 6.30. The van der Waals surface area contributed by atoms with Crippen LogP contribution in [0.3, 0.4) is 0 Å². The summed E-state index contributed by atoms with van der Waals surface area (Å²) in [5.74, 6) is 0. The molecule has 122 valence electrons. The van der Waals surface area contributed by atoms with Crippen molar-refractivity contribution in [3.05, 3.63) is 54.1 Å². The highest BCUT2D eigenvalue weighted by Crippen LogP contribution is 2.40. The lowest BCUT2D eigenvalue weighted by molar-refractivity contribution is -0.663. The van der Waals surface area contributed by atoms with Crippen LogP contribution in [0.25, 0.3) is 44.5 Å². The van der Waals surface area contributed by atoms with Crippen molar-refractivity contribution in [1.82, 2.24) is 9.97 Å². The van der Waals surface area contributed by atoms with Crippen molar-refractivity contribution in [1.29, 1.82) is 0 Å². The van der Waals surface area contributed by atoms with Crippen LogP contribution in [0.5, 0.6) is 0 Å². The summed E-state index contributed by atoms with van der Waals surface area (Å²) in [6, 6.07) is 10.1. The first-order valence-corrected chi connectivity index (χ1v) is 8.15. The van der Waals surface area contributed by atoms with E-state index in [1.165, 1.54) is 0 Å². The Bertz CT molecular complexity index is 1280. The van der Waals surface area contributed by atoms with E-state index in [2.05, 4.69) is 29.0 Å². The van der Waals surface area contributed by atoms with Crippen molar-refractivity contribution in [2.45, 2.75) is 13.8 Å². The van der Waals surface area contributed by atoms with E-state index >= 15 is 0 Å². The van der Waals surface area contributed by atoms with E-state index in [0.717, 1.165) is 50.0 Å². The first-order chi connectivity index (χ1) is 12.1. The smallest absolute Gasteiger partial charge is 0.286 e. The van der Waals surface area contributed by atoms with Gasteiger partial charge in [-0.05, 0) is 37.6 Å². The monoisotopic (exact) mass is 330 g/mol. The fourth-order valence-electron chi connectivity index (χ4n) is 3.41. The average Bonchev–Trinajstić information content (AvgIpc) is 3.11. The lowest BCUT2D eigenvalue weighted by Crippen LogP contribution is -2.31. The summed E-state index contributed by atoms with van der Waals surface area (Å²) in [6.45, 7) is 4.04. The van der Waals surface area contributed by atoms with E-state index in [1.807, 2.05) is 36.7 Å². The zero-order valence-electron chi connectivity index (χ0n) is 14.2. The third kappa shape index (κ3) is 1.92. The Hall–Kier alpha value is -3.21. The van der Waals surface area contributed by atoms with Gasteiger partial charge in [-0.15, -0.1) is 0 Å². The van der Waals surface area contributed by atoms with Gasteiger partial charge in [-0.25, -0.2) is 9.55 Å². The lowest BCUT2D eigenvalue weighted by Gasteiger charge is -2.06. The second kappa shape index (κ2) is 4.89. The van der Waals surface area contributed by atoms with Crippen LogP contribution in [-0.4, -0.2) is 9.97 Å². The van der Waals surface area contributed by atoms with Crippen molar-refractivity contribution >= 4 is 33.2 Å². The number of rotatable bonds is 1. The van der Waals surface area contributed by atoms with E-state index in [0.29, 0.717) is 5.71 Å². The van der Waals surface area contributed by atoms with Crippen LogP contribution in [0.4, 0.5) is 0 Å². The van der Waals surface area contributed by atoms with E-state index < -0.39 is 0 Å². The average molecular weight is 330 g/mol. The fraction of sp³-hybridized carbons (Fsp3) is 0.150. The van der Waals surface area contributed by atoms with Gasteiger partial charge in [-0.1, -0.05) is 11.1 Å². The van der Waals surface area contributed by atoms with Crippen LogP contribution in [0.1, 0.15) is 11.3 Å². The molecule has 0 bridgehead atoms. The van der Waals surface area contributed by atoms with Gasteiger partial charge in [0.2, 0.25) is 5.71 Å². The predicted octanol–water partition coefficient (Wildman–Crippen LogP) is 4.23. The Labute approximate surface area is 143 Å². The zero-order chi connectivity index (χ0) is 17.1. The molecule has 0 atom stereocenters. The minimum Gasteiger partial charge on any atom is -0.451 e. The molecule has 0 unspecified atom stereocenters. The molecule has 0 spiro atoms. The number of nitrogens with zero attached hydrogens (tertiary/aromatic N) is 3. The Morgan fingerprint density at radius 3 is 2.52 bits per heavy atom. The van der Waals surface area contributed by atoms with Crippen molar-refractivity contribution in [3.8, 4) is 11.3 Å². The van der Waals surface area contributed by atoms with Gasteiger partial charge in [-0.3, -0.25) is 0 Å². The number of fused-ring (bicyclic) bond motifs is 5. The molecule has 0 saturated heterocycles. The number of benzene rings is 1. The third-order valence-corrected chi connectivity index (χ3v) is 4.66. The van der Waals surface area contributed by atoms with E-state index in [4.69, 9.17) is 8.83 Å². The highest BCUT2D eigenvalue weighted by atomic mass is 16.4. The van der Waals surface area contributed by atoms with E-state index in [-0.39, 0.29) is 0 Å². The van der Waals surface area contributed by atoms with Crippen molar-refractivity contribution in [3.63, 3.8) is 0 Å². The van der Waals surface area contributed by atoms with Gasteiger partial charge in [-0.2, -0.15) is 0 Å². The molecule has 5 aromatic rings. The number of furan rings is 2. The summed E-state index contributed by atoms with van der Waals surface area (Å²) in [5.41, 5.74) is 7.12. The Morgan fingerprint density at radius 2 is 1.68 bits per heavy atom. The van der Waals surface area contributed by atoms with Crippen molar-refractivity contribution in [2.75, 3.05) is 0 Å². The topological polar surface area (TPSA) is 55.9 Å². The number of hydrogen-bond acceptors (Lipinski definition) is 4. The van der Waals surface area contributed by atoms with Crippen LogP contribution in [0, 0.1) is 13.8 Å². The molecule has 0 aliphatic rings. The highest BCUT2D eigenvalue weighted by Gasteiger charge is 2.22. The first-order valence-electron chi connectivity index (χ1n) is 8.15. The predicted molar refractivity (Wildman–Crippen MR) is 95.2 cm³/mol. The van der Waals surface area contributed by atoms with E-state index in [9.17, 15) is 0 Å². The third-order valence-electron chi connectivity index (χ3n) is 4.66. The zero-order valence-corrected chi connectivity index (χ0v) is 14.2. The van der Waals surface area contributed by atoms with Gasteiger partial charge in [0.15, 0.2) is 16.7 Å². The van der Waals surface area contributed by atoms with Crippen LogP contribution < -0.4 is 4.57 Å². The fourth-order valence-corrected chi connectivity index (χ4v) is 3.41. The molecule has 0 amide bonds. The molecule has 5 rings (SSSR count). The first kappa shape index (κ1) is 14.2. The number of aryl methyl sites for hydroxylation is 3. The molecule has 0 saturated carbocycles. The summed E-state index contributed by atoms with van der Waals surface area (Å²) in [7, 11) is 1.98. The molecule has 25 heavy (non-hydrogen) atoms. The summed E-state index contributed by atoms with van der Waals surface area (Å²) in [4.78, 5) is 8.63. The minimum absolute atomic E-state index is 0.618. The molecule has 0 aliphatic heterocycles. The molecule has 0 radical (unpaired) electrons. The molecular formula is C20H16N3O2+. The lowest BCUT2D eigenvalue weighted by atomic mass is 10.0. The van der Waals surface area contributed by atoms with Gasteiger partial charge in [0.1, 0.15) is 11.9 Å². The van der Waals surface area contributed by atoms with Crippen molar-refractivity contribution < 1.29 is 13.4 Å². The second-order valence-corrected chi connectivity index (χ2v) is 6.38.